The molecule has 2 nitrogen and oxygen atoms in total. The Morgan fingerprint density at radius 3 is 2.20 bits per heavy atom. The normalized spacial score (nSPS) is 12.2. The SMILES string of the molecule is C=CC(O)c1ccc(N(CC)CC)cc1. The largest absolute Gasteiger partial charge is 0.384 e. The molecule has 15 heavy (non-hydrogen) atoms. The Morgan fingerprint density at radius 1 is 1.27 bits per heavy atom. The van der Waals surface area contributed by atoms with Crippen molar-refractivity contribution < 1.29 is 5.11 Å². The summed E-state index contributed by atoms with van der Waals surface area (Å²) >= 11 is 0. The van der Waals surface area contributed by atoms with Gasteiger partial charge in [-0.05, 0) is 31.5 Å². The quantitative estimate of drug-likeness (QED) is 0.747. The molecule has 1 atom stereocenters. The first-order valence-corrected chi connectivity index (χ1v) is 5.38. The molecule has 0 saturated carbocycles. The van der Waals surface area contributed by atoms with Crippen molar-refractivity contribution in [1.82, 2.24) is 0 Å². The van der Waals surface area contributed by atoms with Gasteiger partial charge in [-0.2, -0.15) is 0 Å². The van der Waals surface area contributed by atoms with Crippen molar-refractivity contribution >= 4 is 5.69 Å². The molecule has 82 valence electrons. The van der Waals surface area contributed by atoms with E-state index in [1.165, 1.54) is 11.8 Å². The molecule has 0 bridgehead atoms. The highest BCUT2D eigenvalue weighted by atomic mass is 16.3. The molecule has 1 N–H and O–H groups in total. The Bertz CT molecular complexity index is 301. The van der Waals surface area contributed by atoms with Crippen molar-refractivity contribution in [3.05, 3.63) is 42.5 Å². The second-order valence-electron chi connectivity index (χ2n) is 3.44. The molecule has 0 aromatic heterocycles. The molecular weight excluding hydrogens is 186 g/mol. The summed E-state index contributed by atoms with van der Waals surface area (Å²) in [4.78, 5) is 2.27. The van der Waals surface area contributed by atoms with E-state index in [-0.39, 0.29) is 0 Å². The van der Waals surface area contributed by atoms with Crippen LogP contribution in [0, 0.1) is 0 Å². The van der Waals surface area contributed by atoms with E-state index in [9.17, 15) is 5.11 Å². The van der Waals surface area contributed by atoms with Crippen LogP contribution in [0.25, 0.3) is 0 Å². The minimum Gasteiger partial charge on any atom is -0.384 e. The molecule has 0 heterocycles. The van der Waals surface area contributed by atoms with E-state index in [2.05, 4.69) is 25.3 Å². The lowest BCUT2D eigenvalue weighted by molar-refractivity contribution is 0.229. The summed E-state index contributed by atoms with van der Waals surface area (Å²) in [5, 5.41) is 9.54. The van der Waals surface area contributed by atoms with Gasteiger partial charge in [0.15, 0.2) is 0 Å². The van der Waals surface area contributed by atoms with E-state index >= 15 is 0 Å². The topological polar surface area (TPSA) is 23.5 Å². The number of hydrogen-bond acceptors (Lipinski definition) is 2. The van der Waals surface area contributed by atoms with Gasteiger partial charge in [-0.25, -0.2) is 0 Å². The van der Waals surface area contributed by atoms with Crippen LogP contribution in [0.15, 0.2) is 36.9 Å². The highest BCUT2D eigenvalue weighted by Gasteiger charge is 2.04. The first-order chi connectivity index (χ1) is 7.22. The lowest BCUT2D eigenvalue weighted by Crippen LogP contribution is -2.21. The molecule has 0 saturated heterocycles. The van der Waals surface area contributed by atoms with Crippen LogP contribution in [0.2, 0.25) is 0 Å². The van der Waals surface area contributed by atoms with Crippen LogP contribution >= 0.6 is 0 Å². The summed E-state index contributed by atoms with van der Waals surface area (Å²) in [7, 11) is 0. The third kappa shape index (κ3) is 2.83. The van der Waals surface area contributed by atoms with Crippen molar-refractivity contribution in [2.24, 2.45) is 0 Å². The molecule has 0 radical (unpaired) electrons. The maximum Gasteiger partial charge on any atom is 0.0969 e. The minimum atomic E-state index is -0.559. The predicted octanol–water partition coefficient (Wildman–Crippen LogP) is 2.75. The third-order valence-electron chi connectivity index (χ3n) is 2.59. The number of nitrogens with zero attached hydrogens (tertiary/aromatic N) is 1. The van der Waals surface area contributed by atoms with Crippen LogP contribution < -0.4 is 4.90 Å². The molecule has 0 amide bonds. The van der Waals surface area contributed by atoms with E-state index in [1.54, 1.807) is 0 Å². The van der Waals surface area contributed by atoms with Gasteiger partial charge in [0.05, 0.1) is 6.10 Å². The first-order valence-electron chi connectivity index (χ1n) is 5.38. The van der Waals surface area contributed by atoms with Gasteiger partial charge in [-0.3, -0.25) is 0 Å². The van der Waals surface area contributed by atoms with Crippen LogP contribution in [0.1, 0.15) is 25.5 Å². The molecule has 0 spiro atoms. The summed E-state index contributed by atoms with van der Waals surface area (Å²) in [5.41, 5.74) is 2.08. The second-order valence-corrected chi connectivity index (χ2v) is 3.44. The fourth-order valence-corrected chi connectivity index (χ4v) is 1.61. The zero-order valence-electron chi connectivity index (χ0n) is 9.48. The van der Waals surface area contributed by atoms with Gasteiger partial charge in [-0.1, -0.05) is 18.2 Å². The van der Waals surface area contributed by atoms with Crippen LogP contribution in [0.3, 0.4) is 0 Å². The van der Waals surface area contributed by atoms with Gasteiger partial charge < -0.3 is 10.0 Å². The van der Waals surface area contributed by atoms with Crippen LogP contribution in [-0.4, -0.2) is 18.2 Å². The smallest absolute Gasteiger partial charge is 0.0969 e. The van der Waals surface area contributed by atoms with Crippen molar-refractivity contribution in [2.45, 2.75) is 20.0 Å². The average Bonchev–Trinajstić information content (AvgIpc) is 2.30. The lowest BCUT2D eigenvalue weighted by Gasteiger charge is -2.21. The molecule has 0 aliphatic heterocycles. The average molecular weight is 205 g/mol. The first kappa shape index (κ1) is 11.8. The number of rotatable bonds is 5. The van der Waals surface area contributed by atoms with E-state index in [1.807, 2.05) is 24.3 Å². The summed E-state index contributed by atoms with van der Waals surface area (Å²) in [6.45, 7) is 9.84. The number of aliphatic hydroxyl groups excluding tert-OH is 1. The molecule has 0 aliphatic carbocycles. The maximum absolute atomic E-state index is 9.54. The van der Waals surface area contributed by atoms with Crippen LogP contribution in [0.4, 0.5) is 5.69 Å². The van der Waals surface area contributed by atoms with Gasteiger partial charge in [-0.15, -0.1) is 6.58 Å². The van der Waals surface area contributed by atoms with E-state index < -0.39 is 6.10 Å². The zero-order valence-corrected chi connectivity index (χ0v) is 9.48. The minimum absolute atomic E-state index is 0.559. The summed E-state index contributed by atoms with van der Waals surface area (Å²) in [6.07, 6.45) is 0.975. The number of aliphatic hydroxyl groups is 1. The van der Waals surface area contributed by atoms with Crippen LogP contribution in [-0.2, 0) is 0 Å². The van der Waals surface area contributed by atoms with Crippen molar-refractivity contribution in [3.8, 4) is 0 Å². The highest BCUT2D eigenvalue weighted by Crippen LogP contribution is 2.19. The Kier molecular flexibility index (Phi) is 4.37. The van der Waals surface area contributed by atoms with E-state index in [4.69, 9.17) is 0 Å². The monoisotopic (exact) mass is 205 g/mol. The zero-order chi connectivity index (χ0) is 11.3. The Hall–Kier alpha value is -1.28. The van der Waals surface area contributed by atoms with Crippen LogP contribution in [0.5, 0.6) is 0 Å². The summed E-state index contributed by atoms with van der Waals surface area (Å²) < 4.78 is 0. The highest BCUT2D eigenvalue weighted by molar-refractivity contribution is 5.47. The van der Waals surface area contributed by atoms with Crippen molar-refractivity contribution in [2.75, 3.05) is 18.0 Å². The molecule has 2 heteroatoms. The molecule has 1 rings (SSSR count). The Balaban J connectivity index is 2.84. The molecular formula is C13H19NO. The fraction of sp³-hybridized carbons (Fsp3) is 0.385. The maximum atomic E-state index is 9.54. The number of anilines is 1. The van der Waals surface area contributed by atoms with Crippen molar-refractivity contribution in [1.29, 1.82) is 0 Å². The number of hydrogen-bond donors (Lipinski definition) is 1. The van der Waals surface area contributed by atoms with Gasteiger partial charge in [0, 0.05) is 18.8 Å². The summed E-state index contributed by atoms with van der Waals surface area (Å²) in [5.74, 6) is 0. The van der Waals surface area contributed by atoms with Gasteiger partial charge in [0.1, 0.15) is 0 Å². The molecule has 0 fully saturated rings. The number of benzene rings is 1. The van der Waals surface area contributed by atoms with Crippen molar-refractivity contribution in [3.63, 3.8) is 0 Å². The standard InChI is InChI=1S/C13H19NO/c1-4-13(15)11-7-9-12(10-8-11)14(5-2)6-3/h4,7-10,13,15H,1,5-6H2,2-3H3. The molecule has 0 aliphatic rings. The predicted molar refractivity (Wildman–Crippen MR) is 65.2 cm³/mol. The second kappa shape index (κ2) is 5.56. The Labute approximate surface area is 91.9 Å². The third-order valence-corrected chi connectivity index (χ3v) is 2.59. The summed E-state index contributed by atoms with van der Waals surface area (Å²) in [6, 6.07) is 7.96. The van der Waals surface area contributed by atoms with Gasteiger partial charge >= 0.3 is 0 Å². The van der Waals surface area contributed by atoms with Gasteiger partial charge in [0.25, 0.3) is 0 Å². The fourth-order valence-electron chi connectivity index (χ4n) is 1.61. The Morgan fingerprint density at radius 2 is 1.80 bits per heavy atom. The molecule has 1 aromatic rings. The molecule has 1 unspecified atom stereocenters. The molecule has 1 aromatic carbocycles. The van der Waals surface area contributed by atoms with Gasteiger partial charge in [0.2, 0.25) is 0 Å². The van der Waals surface area contributed by atoms with E-state index in [0.29, 0.717) is 0 Å². The van der Waals surface area contributed by atoms with E-state index in [0.717, 1.165) is 18.7 Å². The lowest BCUT2D eigenvalue weighted by atomic mass is 10.1.